The normalized spacial score (nSPS) is 15.1. The number of hydrogen-bond donors (Lipinski definition) is 2. The number of carboxylic acids is 2. The van der Waals surface area contributed by atoms with Gasteiger partial charge >= 0.3 is 17.6 Å². The lowest BCUT2D eigenvalue weighted by Gasteiger charge is -2.48. The molecule has 35 heavy (non-hydrogen) atoms. The summed E-state index contributed by atoms with van der Waals surface area (Å²) in [6, 6.07) is 9.84. The molecule has 0 unspecified atom stereocenters. The molecular weight excluding hydrogens is 460 g/mol. The molecule has 1 aromatic heterocycles. The molecule has 1 saturated heterocycles. The maximum absolute atomic E-state index is 12.9. The summed E-state index contributed by atoms with van der Waals surface area (Å²) < 4.78 is 8.20. The van der Waals surface area contributed by atoms with E-state index in [1.807, 2.05) is 42.2 Å². The minimum Gasteiger partial charge on any atom is -0.473 e. The van der Waals surface area contributed by atoms with Gasteiger partial charge in [0, 0.05) is 45.9 Å². The molecule has 1 amide bonds. The number of para-hydroxylation sites is 1. The molecule has 13 heteroatoms. The highest BCUT2D eigenvalue weighted by Gasteiger charge is 2.42. The Labute approximate surface area is 202 Å². The first-order valence-corrected chi connectivity index (χ1v) is 11.2. The van der Waals surface area contributed by atoms with E-state index in [-0.39, 0.29) is 17.1 Å². The lowest BCUT2D eigenvalue weighted by atomic mass is 9.85. The number of anilines is 1. The van der Waals surface area contributed by atoms with Crippen LogP contribution in [0, 0.1) is 0 Å². The van der Waals surface area contributed by atoms with Crippen LogP contribution in [0.15, 0.2) is 35.1 Å². The SMILES string of the molecule is CCC(=O)N(c1ccccc1)C1(COC)CCN(CCn2nnn(C)c2=O)CC1.O=C(O)C(=O)O. The topological polar surface area (TPSA) is 160 Å². The van der Waals surface area contributed by atoms with Crippen LogP contribution in [0.5, 0.6) is 0 Å². The average Bonchev–Trinajstić information content (AvgIpc) is 3.17. The number of hydrogen-bond acceptors (Lipinski definition) is 8. The van der Waals surface area contributed by atoms with Gasteiger partial charge in [-0.25, -0.2) is 14.4 Å². The number of likely N-dealkylation sites (tertiary alicyclic amines) is 1. The third-order valence-corrected chi connectivity index (χ3v) is 5.83. The Balaban J connectivity index is 0.000000641. The standard InChI is InChI=1S/C20H30N6O3.C2H2O4/c1-4-18(27)26(17-8-6-5-7-9-17)20(16-29-3)10-12-24(13-11-20)14-15-25-19(28)23(2)21-22-25;3-1(4)2(5)6/h5-9H,4,10-16H2,1-3H3;(H,3,4)(H,5,6). The number of nitrogens with zero attached hydrogens (tertiary/aromatic N) is 6. The van der Waals surface area contributed by atoms with Crippen LogP contribution in [-0.4, -0.2) is 91.6 Å². The van der Waals surface area contributed by atoms with Crippen LogP contribution in [-0.2, 0) is 32.7 Å². The molecule has 1 aromatic carbocycles. The Kier molecular flexibility index (Phi) is 10.1. The molecule has 1 fully saturated rings. The summed E-state index contributed by atoms with van der Waals surface area (Å²) in [6.45, 7) is 5.24. The van der Waals surface area contributed by atoms with Crippen molar-refractivity contribution < 1.29 is 29.3 Å². The molecule has 13 nitrogen and oxygen atoms in total. The van der Waals surface area contributed by atoms with Crippen molar-refractivity contribution in [3.05, 3.63) is 40.8 Å². The average molecular weight is 493 g/mol. The molecule has 192 valence electrons. The largest absolute Gasteiger partial charge is 0.473 e. The summed E-state index contributed by atoms with van der Waals surface area (Å²) in [6.07, 6.45) is 2.05. The van der Waals surface area contributed by atoms with E-state index in [0.717, 1.165) is 31.6 Å². The van der Waals surface area contributed by atoms with E-state index in [1.165, 1.54) is 9.36 Å². The molecule has 0 aliphatic carbocycles. The summed E-state index contributed by atoms with van der Waals surface area (Å²) in [5, 5.41) is 22.4. The maximum atomic E-state index is 12.9. The van der Waals surface area contributed by atoms with Gasteiger partial charge in [-0.15, -0.1) is 0 Å². The number of carbonyl (C=O) groups is 3. The molecular formula is C22H32N6O7. The van der Waals surface area contributed by atoms with Gasteiger partial charge < -0.3 is 24.7 Å². The fourth-order valence-electron chi connectivity index (χ4n) is 4.04. The smallest absolute Gasteiger partial charge is 0.414 e. The van der Waals surface area contributed by atoms with Crippen LogP contribution in [0.2, 0.25) is 0 Å². The van der Waals surface area contributed by atoms with Crippen LogP contribution in [0.4, 0.5) is 5.69 Å². The predicted octanol–water partition coefficient (Wildman–Crippen LogP) is 0.0566. The number of aliphatic carboxylic acids is 2. The van der Waals surface area contributed by atoms with E-state index >= 15 is 0 Å². The van der Waals surface area contributed by atoms with Gasteiger partial charge in [0.2, 0.25) is 5.91 Å². The minimum atomic E-state index is -1.82. The van der Waals surface area contributed by atoms with Gasteiger partial charge in [-0.2, -0.15) is 9.36 Å². The van der Waals surface area contributed by atoms with Crippen molar-refractivity contribution in [2.45, 2.75) is 38.3 Å². The monoisotopic (exact) mass is 492 g/mol. The molecule has 0 saturated carbocycles. The first kappa shape index (κ1) is 27.7. The summed E-state index contributed by atoms with van der Waals surface area (Å²) >= 11 is 0. The number of methoxy groups -OCH3 is 1. The van der Waals surface area contributed by atoms with Gasteiger partial charge in [-0.05, 0) is 35.4 Å². The van der Waals surface area contributed by atoms with Crippen molar-refractivity contribution in [1.82, 2.24) is 24.7 Å². The lowest BCUT2D eigenvalue weighted by molar-refractivity contribution is -0.159. The number of ether oxygens (including phenoxy) is 1. The van der Waals surface area contributed by atoms with E-state index in [9.17, 15) is 9.59 Å². The molecule has 0 bridgehead atoms. The van der Waals surface area contributed by atoms with Crippen molar-refractivity contribution in [2.75, 3.05) is 38.3 Å². The number of aryl methyl sites for hydroxylation is 1. The van der Waals surface area contributed by atoms with Crippen LogP contribution in [0.25, 0.3) is 0 Å². The van der Waals surface area contributed by atoms with E-state index in [0.29, 0.717) is 26.1 Å². The maximum Gasteiger partial charge on any atom is 0.414 e. The molecule has 2 heterocycles. The second kappa shape index (κ2) is 12.8. The highest BCUT2D eigenvalue weighted by molar-refractivity contribution is 6.27. The van der Waals surface area contributed by atoms with Gasteiger partial charge in [-0.1, -0.05) is 25.1 Å². The van der Waals surface area contributed by atoms with Crippen LogP contribution < -0.4 is 10.6 Å². The third kappa shape index (κ3) is 7.20. The molecule has 0 radical (unpaired) electrons. The molecule has 3 rings (SSSR count). The fraction of sp³-hybridized carbons (Fsp3) is 0.545. The predicted molar refractivity (Wildman–Crippen MR) is 125 cm³/mol. The number of rotatable bonds is 8. The van der Waals surface area contributed by atoms with Gasteiger partial charge in [0.1, 0.15) is 0 Å². The Morgan fingerprint density at radius 3 is 2.11 bits per heavy atom. The first-order chi connectivity index (χ1) is 16.6. The highest BCUT2D eigenvalue weighted by atomic mass is 16.5. The number of benzene rings is 1. The molecule has 2 aromatic rings. The highest BCUT2D eigenvalue weighted by Crippen LogP contribution is 2.34. The lowest BCUT2D eigenvalue weighted by Crippen LogP contribution is -2.60. The van der Waals surface area contributed by atoms with Crippen molar-refractivity contribution in [3.8, 4) is 0 Å². The molecule has 2 N–H and O–H groups in total. The number of carbonyl (C=O) groups excluding carboxylic acids is 1. The summed E-state index contributed by atoms with van der Waals surface area (Å²) in [5.41, 5.74) is 0.332. The van der Waals surface area contributed by atoms with Crippen molar-refractivity contribution in [3.63, 3.8) is 0 Å². The quantitative estimate of drug-likeness (QED) is 0.482. The number of amides is 1. The van der Waals surface area contributed by atoms with E-state index in [2.05, 4.69) is 15.3 Å². The summed E-state index contributed by atoms with van der Waals surface area (Å²) in [5.74, 6) is -3.54. The Morgan fingerprint density at radius 2 is 1.66 bits per heavy atom. The summed E-state index contributed by atoms with van der Waals surface area (Å²) in [4.78, 5) is 47.3. The fourth-order valence-corrected chi connectivity index (χ4v) is 4.04. The Bertz CT molecular complexity index is 1030. The number of tetrazole rings is 1. The van der Waals surface area contributed by atoms with E-state index < -0.39 is 11.9 Å². The van der Waals surface area contributed by atoms with Gasteiger partial charge in [0.25, 0.3) is 0 Å². The van der Waals surface area contributed by atoms with E-state index in [1.54, 1.807) is 14.2 Å². The third-order valence-electron chi connectivity index (χ3n) is 5.83. The Hall–Kier alpha value is -3.58. The van der Waals surface area contributed by atoms with Crippen LogP contribution in [0.1, 0.15) is 26.2 Å². The van der Waals surface area contributed by atoms with Crippen LogP contribution in [0.3, 0.4) is 0 Å². The van der Waals surface area contributed by atoms with Gasteiger partial charge in [-0.3, -0.25) is 4.79 Å². The second-order valence-corrected chi connectivity index (χ2v) is 8.14. The zero-order valence-electron chi connectivity index (χ0n) is 20.2. The van der Waals surface area contributed by atoms with Gasteiger partial charge in [0.05, 0.1) is 18.7 Å². The molecule has 0 spiro atoms. The van der Waals surface area contributed by atoms with Crippen LogP contribution >= 0.6 is 0 Å². The first-order valence-electron chi connectivity index (χ1n) is 11.2. The van der Waals surface area contributed by atoms with Crippen molar-refractivity contribution >= 4 is 23.5 Å². The van der Waals surface area contributed by atoms with E-state index in [4.69, 9.17) is 24.5 Å². The summed E-state index contributed by atoms with van der Waals surface area (Å²) in [7, 11) is 3.28. The van der Waals surface area contributed by atoms with Crippen molar-refractivity contribution in [2.24, 2.45) is 7.05 Å². The Morgan fingerprint density at radius 1 is 1.06 bits per heavy atom. The van der Waals surface area contributed by atoms with Gasteiger partial charge in [0.15, 0.2) is 0 Å². The number of piperidine rings is 1. The number of aromatic nitrogens is 4. The molecule has 0 atom stereocenters. The zero-order chi connectivity index (χ0) is 26.0. The second-order valence-electron chi connectivity index (χ2n) is 8.14. The molecule has 1 aliphatic heterocycles. The number of carboxylic acid groups (broad SMARTS) is 2. The molecule has 1 aliphatic rings. The minimum absolute atomic E-state index is 0.104. The van der Waals surface area contributed by atoms with Crippen molar-refractivity contribution in [1.29, 1.82) is 0 Å². The zero-order valence-corrected chi connectivity index (χ0v) is 20.2.